The highest BCUT2D eigenvalue weighted by Gasteiger charge is 2.00. The van der Waals surface area contributed by atoms with Crippen molar-refractivity contribution in [1.29, 1.82) is 5.41 Å². The molecule has 0 saturated heterocycles. The Kier molecular flexibility index (Phi) is 3.24. The van der Waals surface area contributed by atoms with E-state index in [9.17, 15) is 0 Å². The minimum absolute atomic E-state index is 0.895. The molecule has 2 nitrogen and oxygen atoms in total. The van der Waals surface area contributed by atoms with E-state index in [4.69, 9.17) is 5.41 Å². The van der Waals surface area contributed by atoms with Crippen molar-refractivity contribution >= 4 is 17.6 Å². The number of benzene rings is 2. The molecule has 2 aromatic rings. The van der Waals surface area contributed by atoms with Crippen molar-refractivity contribution in [2.45, 2.75) is 13.8 Å². The summed E-state index contributed by atoms with van der Waals surface area (Å²) in [5, 5.41) is 10.7. The van der Waals surface area contributed by atoms with Gasteiger partial charge in [-0.1, -0.05) is 24.3 Å². The van der Waals surface area contributed by atoms with Crippen LogP contribution in [0.4, 0.5) is 11.4 Å². The minimum atomic E-state index is 0.895. The standard InChI is InChI=1S/C15H16N2/c1-11-7-12(2)9-14(8-11)17-15-6-4-3-5-13(15)10-16/h3-10,16-17H,1-2H3. The summed E-state index contributed by atoms with van der Waals surface area (Å²) < 4.78 is 0. The summed E-state index contributed by atoms with van der Waals surface area (Å²) in [6.07, 6.45) is 1.37. The Morgan fingerprint density at radius 1 is 1.00 bits per heavy atom. The van der Waals surface area contributed by atoms with E-state index in [0.29, 0.717) is 0 Å². The number of hydrogen-bond acceptors (Lipinski definition) is 2. The van der Waals surface area contributed by atoms with Crippen molar-refractivity contribution in [3.8, 4) is 0 Å². The van der Waals surface area contributed by atoms with Gasteiger partial charge in [0.15, 0.2) is 0 Å². The highest BCUT2D eigenvalue weighted by molar-refractivity contribution is 5.87. The smallest absolute Gasteiger partial charge is 0.0473 e. The zero-order valence-electron chi connectivity index (χ0n) is 10.1. The Hall–Kier alpha value is -2.09. The van der Waals surface area contributed by atoms with Crippen LogP contribution in [0.1, 0.15) is 16.7 Å². The van der Waals surface area contributed by atoms with Crippen molar-refractivity contribution in [1.82, 2.24) is 0 Å². The van der Waals surface area contributed by atoms with Gasteiger partial charge in [-0.3, -0.25) is 0 Å². The summed E-state index contributed by atoms with van der Waals surface area (Å²) in [5.41, 5.74) is 5.40. The summed E-state index contributed by atoms with van der Waals surface area (Å²) in [4.78, 5) is 0. The SMILES string of the molecule is Cc1cc(C)cc(Nc2ccccc2C=N)c1. The first-order valence-corrected chi connectivity index (χ1v) is 5.64. The number of hydrogen-bond donors (Lipinski definition) is 2. The van der Waals surface area contributed by atoms with Gasteiger partial charge in [-0.15, -0.1) is 0 Å². The van der Waals surface area contributed by atoms with Gasteiger partial charge in [0.05, 0.1) is 0 Å². The quantitative estimate of drug-likeness (QED) is 0.758. The van der Waals surface area contributed by atoms with Crippen LogP contribution in [0.2, 0.25) is 0 Å². The molecule has 0 aliphatic rings. The Balaban J connectivity index is 2.34. The van der Waals surface area contributed by atoms with Gasteiger partial charge in [-0.25, -0.2) is 0 Å². The molecule has 0 amide bonds. The van der Waals surface area contributed by atoms with Crippen LogP contribution in [-0.2, 0) is 0 Å². The lowest BCUT2D eigenvalue weighted by Gasteiger charge is -2.10. The van der Waals surface area contributed by atoms with E-state index in [1.54, 1.807) is 0 Å². The molecular formula is C15H16N2. The highest BCUT2D eigenvalue weighted by atomic mass is 14.9. The molecule has 2 N–H and O–H groups in total. The summed E-state index contributed by atoms with van der Waals surface area (Å²) in [6.45, 7) is 4.17. The molecule has 0 radical (unpaired) electrons. The molecule has 2 rings (SSSR count). The average molecular weight is 224 g/mol. The maximum absolute atomic E-state index is 7.37. The van der Waals surface area contributed by atoms with Gasteiger partial charge in [0.25, 0.3) is 0 Å². The monoisotopic (exact) mass is 224 g/mol. The highest BCUT2D eigenvalue weighted by Crippen LogP contribution is 2.21. The van der Waals surface area contributed by atoms with Gasteiger partial charge in [0.2, 0.25) is 0 Å². The lowest BCUT2D eigenvalue weighted by Crippen LogP contribution is -1.95. The molecule has 0 atom stereocenters. The second-order valence-electron chi connectivity index (χ2n) is 4.23. The summed E-state index contributed by atoms with van der Waals surface area (Å²) in [7, 11) is 0. The number of rotatable bonds is 3. The van der Waals surface area contributed by atoms with E-state index < -0.39 is 0 Å². The van der Waals surface area contributed by atoms with Crippen LogP contribution in [-0.4, -0.2) is 6.21 Å². The number of nitrogens with one attached hydrogen (secondary N) is 2. The van der Waals surface area contributed by atoms with E-state index in [-0.39, 0.29) is 0 Å². The third kappa shape index (κ3) is 2.72. The van der Waals surface area contributed by atoms with Crippen molar-refractivity contribution < 1.29 is 0 Å². The summed E-state index contributed by atoms with van der Waals surface area (Å²) >= 11 is 0. The van der Waals surface area contributed by atoms with Crippen LogP contribution < -0.4 is 5.32 Å². The fourth-order valence-electron chi connectivity index (χ4n) is 1.94. The van der Waals surface area contributed by atoms with Crippen molar-refractivity contribution in [2.75, 3.05) is 5.32 Å². The molecule has 17 heavy (non-hydrogen) atoms. The van der Waals surface area contributed by atoms with Gasteiger partial charge >= 0.3 is 0 Å². The zero-order chi connectivity index (χ0) is 12.3. The first-order valence-electron chi connectivity index (χ1n) is 5.64. The summed E-state index contributed by atoms with van der Waals surface area (Å²) in [5.74, 6) is 0. The van der Waals surface area contributed by atoms with Gasteiger partial charge < -0.3 is 10.7 Å². The Bertz CT molecular complexity index is 524. The molecule has 86 valence electrons. The molecule has 0 aliphatic carbocycles. The fourth-order valence-corrected chi connectivity index (χ4v) is 1.94. The molecule has 0 aromatic heterocycles. The second-order valence-corrected chi connectivity index (χ2v) is 4.23. The Morgan fingerprint density at radius 3 is 2.29 bits per heavy atom. The molecule has 2 aromatic carbocycles. The van der Waals surface area contributed by atoms with Crippen LogP contribution in [0.25, 0.3) is 0 Å². The second kappa shape index (κ2) is 4.83. The van der Waals surface area contributed by atoms with Crippen molar-refractivity contribution in [3.63, 3.8) is 0 Å². The predicted molar refractivity (Wildman–Crippen MR) is 73.5 cm³/mol. The molecule has 0 aliphatic heterocycles. The molecule has 0 bridgehead atoms. The topological polar surface area (TPSA) is 35.9 Å². The normalized spacial score (nSPS) is 10.0. The largest absolute Gasteiger partial charge is 0.355 e. The lowest BCUT2D eigenvalue weighted by molar-refractivity contribution is 1.37. The van der Waals surface area contributed by atoms with E-state index in [2.05, 4.69) is 37.4 Å². The molecule has 0 spiro atoms. The lowest BCUT2D eigenvalue weighted by atomic mass is 10.1. The van der Waals surface area contributed by atoms with E-state index in [1.165, 1.54) is 17.3 Å². The molecule has 0 unspecified atom stereocenters. The van der Waals surface area contributed by atoms with Gasteiger partial charge in [-0.2, -0.15) is 0 Å². The fraction of sp³-hybridized carbons (Fsp3) is 0.133. The van der Waals surface area contributed by atoms with Gasteiger partial charge in [0, 0.05) is 23.2 Å². The van der Waals surface area contributed by atoms with E-state index >= 15 is 0 Å². The predicted octanol–water partition coefficient (Wildman–Crippen LogP) is 4.04. The van der Waals surface area contributed by atoms with Gasteiger partial charge in [0.1, 0.15) is 0 Å². The molecular weight excluding hydrogens is 208 g/mol. The van der Waals surface area contributed by atoms with E-state index in [1.807, 2.05) is 24.3 Å². The first kappa shape index (κ1) is 11.4. The number of para-hydroxylation sites is 1. The van der Waals surface area contributed by atoms with Crippen LogP contribution in [0.5, 0.6) is 0 Å². The van der Waals surface area contributed by atoms with Crippen LogP contribution in [0.3, 0.4) is 0 Å². The third-order valence-corrected chi connectivity index (χ3v) is 2.62. The Morgan fingerprint density at radius 2 is 1.65 bits per heavy atom. The first-order chi connectivity index (χ1) is 8.19. The third-order valence-electron chi connectivity index (χ3n) is 2.62. The molecule has 0 fully saturated rings. The van der Waals surface area contributed by atoms with Crippen molar-refractivity contribution in [2.24, 2.45) is 0 Å². The summed E-state index contributed by atoms with van der Waals surface area (Å²) in [6, 6.07) is 14.2. The molecule has 0 heterocycles. The number of aryl methyl sites for hydroxylation is 2. The van der Waals surface area contributed by atoms with Crippen LogP contribution >= 0.6 is 0 Å². The minimum Gasteiger partial charge on any atom is -0.355 e. The number of anilines is 2. The maximum atomic E-state index is 7.37. The van der Waals surface area contributed by atoms with E-state index in [0.717, 1.165) is 16.9 Å². The van der Waals surface area contributed by atoms with Crippen LogP contribution in [0, 0.1) is 19.3 Å². The molecule has 0 saturated carbocycles. The van der Waals surface area contributed by atoms with Crippen LogP contribution in [0.15, 0.2) is 42.5 Å². The maximum Gasteiger partial charge on any atom is 0.0473 e. The Labute approximate surface area is 102 Å². The molecule has 2 heteroatoms. The average Bonchev–Trinajstić information content (AvgIpc) is 2.28. The van der Waals surface area contributed by atoms with Crippen molar-refractivity contribution in [3.05, 3.63) is 59.2 Å². The van der Waals surface area contributed by atoms with Gasteiger partial charge in [-0.05, 0) is 43.2 Å². The zero-order valence-corrected chi connectivity index (χ0v) is 10.1.